The van der Waals surface area contributed by atoms with Crippen molar-refractivity contribution in [3.05, 3.63) is 30.3 Å². The van der Waals surface area contributed by atoms with Crippen molar-refractivity contribution in [3.63, 3.8) is 0 Å². The van der Waals surface area contributed by atoms with Crippen LogP contribution in [0, 0.1) is 0 Å². The maximum absolute atomic E-state index is 11.2. The molecule has 1 atom stereocenters. The number of unbranched alkanes of at least 4 members (excludes halogenated alkanes) is 1. The van der Waals surface area contributed by atoms with Gasteiger partial charge >= 0.3 is 7.69 Å². The maximum Gasteiger partial charge on any atom is 0.530 e. The molecule has 1 aromatic rings. The number of benzene rings is 1. The van der Waals surface area contributed by atoms with Crippen LogP contribution in [0.25, 0.3) is 0 Å². The van der Waals surface area contributed by atoms with Crippen LogP contribution in [0.3, 0.4) is 0 Å². The normalized spacial score (nSPS) is 11.7. The van der Waals surface area contributed by atoms with E-state index in [1.54, 1.807) is 0 Å². The van der Waals surface area contributed by atoms with E-state index in [2.05, 4.69) is 13.8 Å². The smallest absolute Gasteiger partial charge is 0.530 e. The molecule has 1 rings (SSSR count). The number of para-hydroxylation sites is 1. The van der Waals surface area contributed by atoms with Gasteiger partial charge in [-0.15, -0.1) is 0 Å². The van der Waals surface area contributed by atoms with Gasteiger partial charge in [-0.3, -0.25) is 9.55 Å². The summed E-state index contributed by atoms with van der Waals surface area (Å²) in [5.41, 5.74) is 0. The van der Waals surface area contributed by atoms with Crippen LogP contribution in [0.2, 0.25) is 0 Å². The highest BCUT2D eigenvalue weighted by Crippen LogP contribution is 2.14. The average Bonchev–Trinajstić information content (AvgIpc) is 2.49. The molecule has 0 aliphatic carbocycles. The van der Waals surface area contributed by atoms with Gasteiger partial charge < -0.3 is 4.65 Å². The van der Waals surface area contributed by atoms with Crippen LogP contribution < -0.4 is 4.65 Å². The van der Waals surface area contributed by atoms with Gasteiger partial charge in [-0.2, -0.15) is 0 Å². The third kappa shape index (κ3) is 6.11. The molecule has 0 spiro atoms. The van der Waals surface area contributed by atoms with Crippen LogP contribution in [0.4, 0.5) is 0 Å². The predicted octanol–water partition coefficient (Wildman–Crippen LogP) is 3.08. The van der Waals surface area contributed by atoms with Gasteiger partial charge in [0.1, 0.15) is 5.75 Å². The van der Waals surface area contributed by atoms with Gasteiger partial charge in [0.25, 0.3) is 0 Å². The highest BCUT2D eigenvalue weighted by atomic mass is 16.7. The Morgan fingerprint density at radius 2 is 1.95 bits per heavy atom. The zero-order valence-electron chi connectivity index (χ0n) is 12.5. The lowest BCUT2D eigenvalue weighted by atomic mass is 10.1. The van der Waals surface area contributed by atoms with Gasteiger partial charge in [0.05, 0.1) is 6.04 Å². The molecular weight excluding hydrogens is 253 g/mol. The molecule has 20 heavy (non-hydrogen) atoms. The summed E-state index contributed by atoms with van der Waals surface area (Å²) in [6.45, 7) is 4.26. The Labute approximate surface area is 122 Å². The fourth-order valence-corrected chi connectivity index (χ4v) is 2.07. The summed E-state index contributed by atoms with van der Waals surface area (Å²) < 4.78 is 10.9. The predicted molar refractivity (Wildman–Crippen MR) is 81.4 cm³/mol. The minimum Gasteiger partial charge on any atom is -0.538 e. The lowest BCUT2D eigenvalue weighted by Gasteiger charge is -2.27. The van der Waals surface area contributed by atoms with Gasteiger partial charge in [-0.25, -0.2) is 5.06 Å². The Bertz CT molecular complexity index is 361. The summed E-state index contributed by atoms with van der Waals surface area (Å²) in [6.07, 6.45) is 5.91. The number of rotatable bonds is 11. The standard InChI is InChI=1S/C15H24BNO3/c1-3-5-10-14(9-4-2)17(13-18)20-16-19-15-11-7-6-8-12-15/h6-8,11-14,16H,3-5,9-10H2,1-2H3. The summed E-state index contributed by atoms with van der Waals surface area (Å²) in [5.74, 6) is 0.735. The van der Waals surface area contributed by atoms with E-state index in [0.717, 1.165) is 44.3 Å². The van der Waals surface area contributed by atoms with Crippen molar-refractivity contribution in [2.75, 3.05) is 0 Å². The Hall–Kier alpha value is -1.49. The molecule has 0 heterocycles. The zero-order chi connectivity index (χ0) is 14.6. The Balaban J connectivity index is 2.41. The fraction of sp³-hybridized carbons (Fsp3) is 0.533. The van der Waals surface area contributed by atoms with Crippen molar-refractivity contribution in [1.82, 2.24) is 5.06 Å². The number of nitrogens with zero attached hydrogens (tertiary/aromatic N) is 1. The monoisotopic (exact) mass is 277 g/mol. The summed E-state index contributed by atoms with van der Waals surface area (Å²) in [5, 5.41) is 1.40. The molecule has 110 valence electrons. The molecular formula is C15H24BNO3. The molecule has 0 aliphatic heterocycles. The maximum atomic E-state index is 11.2. The van der Waals surface area contributed by atoms with Crippen LogP contribution in [0.15, 0.2) is 30.3 Å². The minimum absolute atomic E-state index is 0.0507. The number of carbonyl (C=O) groups is 1. The second-order valence-electron chi connectivity index (χ2n) is 4.75. The van der Waals surface area contributed by atoms with E-state index < -0.39 is 0 Å². The van der Waals surface area contributed by atoms with Gasteiger partial charge in [0, 0.05) is 0 Å². The fourth-order valence-electron chi connectivity index (χ4n) is 2.07. The first-order valence-corrected chi connectivity index (χ1v) is 7.36. The van der Waals surface area contributed by atoms with Gasteiger partial charge in [-0.1, -0.05) is 51.3 Å². The molecule has 0 N–H and O–H groups in total. The second kappa shape index (κ2) is 10.3. The first-order chi connectivity index (χ1) is 9.81. The van der Waals surface area contributed by atoms with Crippen molar-refractivity contribution < 1.29 is 14.2 Å². The SMILES string of the molecule is CCCCC(CCC)N(C=O)OBOc1ccccc1. The molecule has 0 saturated heterocycles. The van der Waals surface area contributed by atoms with E-state index in [4.69, 9.17) is 9.41 Å². The summed E-state index contributed by atoms with van der Waals surface area (Å²) >= 11 is 0. The van der Waals surface area contributed by atoms with Crippen molar-refractivity contribution in [1.29, 1.82) is 0 Å². The summed E-state index contributed by atoms with van der Waals surface area (Å²) in [4.78, 5) is 11.2. The van der Waals surface area contributed by atoms with Gasteiger partial charge in [0.2, 0.25) is 6.41 Å². The van der Waals surface area contributed by atoms with Crippen LogP contribution in [-0.4, -0.2) is 25.2 Å². The molecule has 0 aliphatic rings. The Morgan fingerprint density at radius 3 is 2.55 bits per heavy atom. The number of hydroxylamine groups is 2. The van der Waals surface area contributed by atoms with Crippen molar-refractivity contribution in [2.45, 2.75) is 52.0 Å². The quantitative estimate of drug-likeness (QED) is 0.354. The highest BCUT2D eigenvalue weighted by Gasteiger charge is 2.17. The topological polar surface area (TPSA) is 38.8 Å². The van der Waals surface area contributed by atoms with E-state index in [0.29, 0.717) is 0 Å². The first-order valence-electron chi connectivity index (χ1n) is 7.36. The van der Waals surface area contributed by atoms with Crippen molar-refractivity contribution in [2.24, 2.45) is 0 Å². The van der Waals surface area contributed by atoms with E-state index in [9.17, 15) is 4.79 Å². The minimum atomic E-state index is 0.0507. The lowest BCUT2D eigenvalue weighted by Crippen LogP contribution is -2.36. The van der Waals surface area contributed by atoms with Crippen LogP contribution in [-0.2, 0) is 9.55 Å². The second-order valence-corrected chi connectivity index (χ2v) is 4.75. The zero-order valence-corrected chi connectivity index (χ0v) is 12.5. The highest BCUT2D eigenvalue weighted by molar-refractivity contribution is 6.19. The average molecular weight is 277 g/mol. The van der Waals surface area contributed by atoms with Crippen LogP contribution in [0.5, 0.6) is 5.75 Å². The molecule has 1 amide bonds. The molecule has 5 heteroatoms. The van der Waals surface area contributed by atoms with Crippen LogP contribution >= 0.6 is 0 Å². The largest absolute Gasteiger partial charge is 0.538 e. The van der Waals surface area contributed by atoms with E-state index in [1.807, 2.05) is 30.3 Å². The van der Waals surface area contributed by atoms with E-state index in [-0.39, 0.29) is 13.7 Å². The Kier molecular flexibility index (Phi) is 8.55. The first kappa shape index (κ1) is 16.6. The molecule has 4 nitrogen and oxygen atoms in total. The van der Waals surface area contributed by atoms with Crippen molar-refractivity contribution in [3.8, 4) is 5.75 Å². The third-order valence-corrected chi connectivity index (χ3v) is 3.15. The van der Waals surface area contributed by atoms with E-state index >= 15 is 0 Å². The van der Waals surface area contributed by atoms with E-state index in [1.165, 1.54) is 5.06 Å². The molecule has 0 bridgehead atoms. The van der Waals surface area contributed by atoms with Crippen molar-refractivity contribution >= 4 is 14.1 Å². The third-order valence-electron chi connectivity index (χ3n) is 3.15. The number of amides is 1. The van der Waals surface area contributed by atoms with Gasteiger partial charge in [0.15, 0.2) is 0 Å². The summed E-state index contributed by atoms with van der Waals surface area (Å²) in [7, 11) is 0.0507. The molecule has 0 fully saturated rings. The lowest BCUT2D eigenvalue weighted by molar-refractivity contribution is -0.154. The number of hydrogen-bond acceptors (Lipinski definition) is 3. The van der Waals surface area contributed by atoms with Gasteiger partial charge in [-0.05, 0) is 25.0 Å². The molecule has 0 radical (unpaired) electrons. The van der Waals surface area contributed by atoms with Crippen LogP contribution in [0.1, 0.15) is 46.0 Å². The summed E-state index contributed by atoms with van der Waals surface area (Å²) in [6, 6.07) is 9.57. The molecule has 0 saturated carbocycles. The number of carbonyl (C=O) groups excluding carboxylic acids is 1. The Morgan fingerprint density at radius 1 is 1.20 bits per heavy atom. The number of hydrogen-bond donors (Lipinski definition) is 0. The molecule has 1 aromatic carbocycles. The molecule has 1 unspecified atom stereocenters. The molecule has 0 aromatic heterocycles.